The maximum absolute atomic E-state index is 12.6. The standard InChI is InChI=1S/C24H32N2O3/c1-6-14-26(15-7-2)24(28)20-10-12-21(13-11-20)25-23(27)19(5)29-22-16-17(3)8-9-18(22)4/h8-13,16,19H,6-7,14-15H2,1-5H3,(H,25,27). The number of hydrogen-bond donors (Lipinski definition) is 1. The van der Waals surface area contributed by atoms with Crippen molar-refractivity contribution in [1.82, 2.24) is 4.90 Å². The van der Waals surface area contributed by atoms with Gasteiger partial charge in [-0.05, 0) is 75.1 Å². The van der Waals surface area contributed by atoms with Gasteiger partial charge < -0.3 is 15.0 Å². The van der Waals surface area contributed by atoms with Crippen molar-refractivity contribution in [2.45, 2.75) is 53.6 Å². The maximum Gasteiger partial charge on any atom is 0.265 e. The van der Waals surface area contributed by atoms with Crippen LogP contribution < -0.4 is 10.1 Å². The molecule has 0 saturated carbocycles. The van der Waals surface area contributed by atoms with E-state index in [1.807, 2.05) is 36.9 Å². The van der Waals surface area contributed by atoms with Crippen LogP contribution in [0.3, 0.4) is 0 Å². The van der Waals surface area contributed by atoms with Crippen LogP contribution in [-0.2, 0) is 4.79 Å². The minimum atomic E-state index is -0.638. The lowest BCUT2D eigenvalue weighted by Gasteiger charge is -2.21. The van der Waals surface area contributed by atoms with Crippen molar-refractivity contribution in [2.75, 3.05) is 18.4 Å². The molecule has 1 N–H and O–H groups in total. The van der Waals surface area contributed by atoms with Gasteiger partial charge in [0.05, 0.1) is 0 Å². The van der Waals surface area contributed by atoms with Crippen molar-refractivity contribution in [2.24, 2.45) is 0 Å². The molecule has 0 fully saturated rings. The smallest absolute Gasteiger partial charge is 0.265 e. The Kier molecular flexibility index (Phi) is 8.25. The first-order valence-corrected chi connectivity index (χ1v) is 10.3. The lowest BCUT2D eigenvalue weighted by molar-refractivity contribution is -0.122. The molecule has 0 aliphatic heterocycles. The van der Waals surface area contributed by atoms with Crippen LogP contribution in [0.4, 0.5) is 5.69 Å². The van der Waals surface area contributed by atoms with E-state index in [2.05, 4.69) is 19.2 Å². The van der Waals surface area contributed by atoms with Crippen LogP contribution in [0.25, 0.3) is 0 Å². The Morgan fingerprint density at radius 2 is 1.62 bits per heavy atom. The summed E-state index contributed by atoms with van der Waals surface area (Å²) >= 11 is 0. The fraction of sp³-hybridized carbons (Fsp3) is 0.417. The first-order chi connectivity index (χ1) is 13.8. The second-order valence-corrected chi connectivity index (χ2v) is 7.39. The SMILES string of the molecule is CCCN(CCC)C(=O)c1ccc(NC(=O)C(C)Oc2cc(C)ccc2C)cc1. The molecule has 1 atom stereocenters. The topological polar surface area (TPSA) is 58.6 Å². The molecular weight excluding hydrogens is 364 g/mol. The monoisotopic (exact) mass is 396 g/mol. The van der Waals surface area contributed by atoms with Gasteiger partial charge in [-0.3, -0.25) is 9.59 Å². The Morgan fingerprint density at radius 1 is 1.00 bits per heavy atom. The van der Waals surface area contributed by atoms with Gasteiger partial charge in [0, 0.05) is 24.3 Å². The molecule has 0 aliphatic rings. The number of ether oxygens (including phenoxy) is 1. The zero-order valence-electron chi connectivity index (χ0n) is 18.1. The van der Waals surface area contributed by atoms with Gasteiger partial charge >= 0.3 is 0 Å². The molecule has 156 valence electrons. The van der Waals surface area contributed by atoms with E-state index in [0.717, 1.165) is 37.1 Å². The molecule has 2 rings (SSSR count). The van der Waals surface area contributed by atoms with Gasteiger partial charge in [0.1, 0.15) is 5.75 Å². The van der Waals surface area contributed by atoms with Gasteiger partial charge in [0.25, 0.3) is 11.8 Å². The number of aryl methyl sites for hydroxylation is 2. The third kappa shape index (κ3) is 6.34. The van der Waals surface area contributed by atoms with Crippen LogP contribution in [0.5, 0.6) is 5.75 Å². The van der Waals surface area contributed by atoms with Crippen molar-refractivity contribution in [3.63, 3.8) is 0 Å². The minimum absolute atomic E-state index is 0.0261. The van der Waals surface area contributed by atoms with E-state index in [9.17, 15) is 9.59 Å². The van der Waals surface area contributed by atoms with Crippen LogP contribution >= 0.6 is 0 Å². The van der Waals surface area contributed by atoms with E-state index < -0.39 is 6.10 Å². The van der Waals surface area contributed by atoms with Gasteiger partial charge in [-0.25, -0.2) is 0 Å². The molecule has 5 nitrogen and oxygen atoms in total. The number of rotatable bonds is 9. The number of carbonyl (C=O) groups excluding carboxylic acids is 2. The molecule has 1 unspecified atom stereocenters. The van der Waals surface area contributed by atoms with Crippen molar-refractivity contribution < 1.29 is 14.3 Å². The highest BCUT2D eigenvalue weighted by atomic mass is 16.5. The Labute approximate surface area is 174 Å². The molecule has 0 aliphatic carbocycles. The first kappa shape index (κ1) is 22.5. The number of nitrogens with one attached hydrogen (secondary N) is 1. The summed E-state index contributed by atoms with van der Waals surface area (Å²) in [5, 5.41) is 2.85. The summed E-state index contributed by atoms with van der Waals surface area (Å²) < 4.78 is 5.83. The Bertz CT molecular complexity index is 825. The van der Waals surface area contributed by atoms with Crippen molar-refractivity contribution in [1.29, 1.82) is 0 Å². The number of amides is 2. The second kappa shape index (κ2) is 10.6. The lowest BCUT2D eigenvalue weighted by atomic mass is 10.1. The Morgan fingerprint density at radius 3 is 2.21 bits per heavy atom. The minimum Gasteiger partial charge on any atom is -0.481 e. The zero-order valence-corrected chi connectivity index (χ0v) is 18.1. The average molecular weight is 397 g/mol. The molecule has 2 aromatic carbocycles. The van der Waals surface area contributed by atoms with Crippen molar-refractivity contribution >= 4 is 17.5 Å². The number of benzene rings is 2. The molecule has 0 aromatic heterocycles. The Hall–Kier alpha value is -2.82. The molecule has 2 amide bonds. The predicted octanol–water partition coefficient (Wildman–Crippen LogP) is 4.97. The van der Waals surface area contributed by atoms with Gasteiger partial charge in [0.15, 0.2) is 6.10 Å². The summed E-state index contributed by atoms with van der Waals surface area (Å²) in [6, 6.07) is 12.9. The third-order valence-corrected chi connectivity index (χ3v) is 4.69. The van der Waals surface area contributed by atoms with Crippen molar-refractivity contribution in [3.05, 3.63) is 59.2 Å². The molecular formula is C24H32N2O3. The van der Waals surface area contributed by atoms with Crippen LogP contribution in [0, 0.1) is 13.8 Å². The fourth-order valence-electron chi connectivity index (χ4n) is 3.06. The van der Waals surface area contributed by atoms with Crippen LogP contribution in [0.1, 0.15) is 55.1 Å². The van der Waals surface area contributed by atoms with E-state index in [1.165, 1.54) is 0 Å². The summed E-state index contributed by atoms with van der Waals surface area (Å²) in [6.45, 7) is 11.3. The summed E-state index contributed by atoms with van der Waals surface area (Å²) in [7, 11) is 0. The Balaban J connectivity index is 2.00. The van der Waals surface area contributed by atoms with E-state index in [4.69, 9.17) is 4.74 Å². The normalized spacial score (nSPS) is 11.6. The third-order valence-electron chi connectivity index (χ3n) is 4.69. The maximum atomic E-state index is 12.6. The van der Waals surface area contributed by atoms with E-state index in [0.29, 0.717) is 17.0 Å². The highest BCUT2D eigenvalue weighted by molar-refractivity contribution is 5.96. The predicted molar refractivity (Wildman–Crippen MR) is 118 cm³/mol. The largest absolute Gasteiger partial charge is 0.481 e. The fourth-order valence-corrected chi connectivity index (χ4v) is 3.06. The van der Waals surface area contributed by atoms with E-state index in [1.54, 1.807) is 31.2 Å². The lowest BCUT2D eigenvalue weighted by Crippen LogP contribution is -2.32. The van der Waals surface area contributed by atoms with Crippen LogP contribution in [0.15, 0.2) is 42.5 Å². The molecule has 0 spiro atoms. The highest BCUT2D eigenvalue weighted by Crippen LogP contribution is 2.21. The van der Waals surface area contributed by atoms with E-state index >= 15 is 0 Å². The van der Waals surface area contributed by atoms with Gasteiger partial charge in [-0.15, -0.1) is 0 Å². The highest BCUT2D eigenvalue weighted by Gasteiger charge is 2.17. The molecule has 0 bridgehead atoms. The van der Waals surface area contributed by atoms with E-state index in [-0.39, 0.29) is 11.8 Å². The summed E-state index contributed by atoms with van der Waals surface area (Å²) in [6.07, 6.45) is 1.22. The zero-order chi connectivity index (χ0) is 21.4. The van der Waals surface area contributed by atoms with Gasteiger partial charge in [0.2, 0.25) is 0 Å². The summed E-state index contributed by atoms with van der Waals surface area (Å²) in [5.41, 5.74) is 3.34. The van der Waals surface area contributed by atoms with Gasteiger partial charge in [-0.1, -0.05) is 26.0 Å². The number of nitrogens with zero attached hydrogens (tertiary/aromatic N) is 1. The second-order valence-electron chi connectivity index (χ2n) is 7.39. The number of hydrogen-bond acceptors (Lipinski definition) is 3. The van der Waals surface area contributed by atoms with Crippen LogP contribution in [-0.4, -0.2) is 35.9 Å². The summed E-state index contributed by atoms with van der Waals surface area (Å²) in [4.78, 5) is 27.0. The molecule has 29 heavy (non-hydrogen) atoms. The van der Waals surface area contributed by atoms with Gasteiger partial charge in [-0.2, -0.15) is 0 Å². The number of carbonyl (C=O) groups is 2. The van der Waals surface area contributed by atoms with Crippen LogP contribution in [0.2, 0.25) is 0 Å². The van der Waals surface area contributed by atoms with Crippen molar-refractivity contribution in [3.8, 4) is 5.75 Å². The molecule has 0 heterocycles. The average Bonchev–Trinajstić information content (AvgIpc) is 2.70. The molecule has 5 heteroatoms. The summed E-state index contributed by atoms with van der Waals surface area (Å²) in [5.74, 6) is 0.502. The molecule has 0 radical (unpaired) electrons. The molecule has 0 saturated heterocycles. The number of anilines is 1. The quantitative estimate of drug-likeness (QED) is 0.651. The first-order valence-electron chi connectivity index (χ1n) is 10.3. The molecule has 2 aromatic rings.